The maximum Gasteiger partial charge on any atom is 0.316 e. The van der Waals surface area contributed by atoms with Crippen LogP contribution in [0.4, 0.5) is 0 Å². The molecule has 0 heterocycles. The predicted octanol–water partition coefficient (Wildman–Crippen LogP) is 1.31. The molecular formula is C10H19NO3S. The fourth-order valence-corrected chi connectivity index (χ4v) is 1.86. The van der Waals surface area contributed by atoms with E-state index in [0.717, 1.165) is 17.9 Å². The van der Waals surface area contributed by atoms with Gasteiger partial charge in [-0.3, -0.25) is 9.59 Å². The van der Waals surface area contributed by atoms with E-state index in [-0.39, 0.29) is 5.91 Å². The molecule has 4 nitrogen and oxygen atoms in total. The largest absolute Gasteiger partial charge is 0.481 e. The van der Waals surface area contributed by atoms with Crippen molar-refractivity contribution in [2.24, 2.45) is 5.92 Å². The number of carboxylic acids is 1. The van der Waals surface area contributed by atoms with E-state index in [2.05, 4.69) is 6.92 Å². The molecule has 0 spiro atoms. The molecule has 1 N–H and O–H groups in total. The maximum absolute atomic E-state index is 11.5. The minimum atomic E-state index is -1.02. The van der Waals surface area contributed by atoms with Crippen LogP contribution in [0.2, 0.25) is 0 Å². The van der Waals surface area contributed by atoms with Gasteiger partial charge in [-0.1, -0.05) is 6.92 Å². The summed E-state index contributed by atoms with van der Waals surface area (Å²) < 4.78 is 0. The van der Waals surface area contributed by atoms with Gasteiger partial charge in [-0.25, -0.2) is 0 Å². The lowest BCUT2D eigenvalue weighted by atomic mass is 10.0. The topological polar surface area (TPSA) is 57.6 Å². The van der Waals surface area contributed by atoms with Gasteiger partial charge in [0.25, 0.3) is 0 Å². The molecule has 0 aromatic rings. The van der Waals surface area contributed by atoms with Gasteiger partial charge in [0, 0.05) is 14.1 Å². The van der Waals surface area contributed by atoms with Crippen LogP contribution in [0.25, 0.3) is 0 Å². The molecule has 0 saturated heterocycles. The number of hydrogen-bond donors (Lipinski definition) is 1. The summed E-state index contributed by atoms with van der Waals surface area (Å²) in [5.74, 6) is -0.267. The Labute approximate surface area is 95.0 Å². The third kappa shape index (κ3) is 5.67. The average molecular weight is 233 g/mol. The van der Waals surface area contributed by atoms with Crippen LogP contribution in [0.3, 0.4) is 0 Å². The molecule has 0 aromatic heterocycles. The van der Waals surface area contributed by atoms with Crippen molar-refractivity contribution in [2.75, 3.05) is 25.6 Å². The molecule has 0 aliphatic rings. The Bertz CT molecular complexity index is 219. The van der Waals surface area contributed by atoms with E-state index in [4.69, 9.17) is 5.11 Å². The zero-order valence-corrected chi connectivity index (χ0v) is 10.3. The Morgan fingerprint density at radius 2 is 2.00 bits per heavy atom. The molecule has 0 rings (SSSR count). The number of nitrogens with zero attached hydrogens (tertiary/aromatic N) is 1. The summed E-state index contributed by atoms with van der Waals surface area (Å²) in [4.78, 5) is 23.7. The summed E-state index contributed by atoms with van der Waals surface area (Å²) in [6.45, 7) is 2.06. The van der Waals surface area contributed by atoms with E-state index < -0.39 is 11.9 Å². The second-order valence-corrected chi connectivity index (χ2v) is 4.86. The number of carboxylic acid groups (broad SMARTS) is 1. The van der Waals surface area contributed by atoms with Crippen LogP contribution >= 0.6 is 11.8 Å². The summed E-state index contributed by atoms with van der Waals surface area (Å²) in [7, 11) is 3.16. The van der Waals surface area contributed by atoms with E-state index >= 15 is 0 Å². The summed E-state index contributed by atoms with van der Waals surface area (Å²) in [5.41, 5.74) is 0. The molecule has 1 amide bonds. The summed E-state index contributed by atoms with van der Waals surface area (Å²) >= 11 is 1.76. The highest BCUT2D eigenvalue weighted by Crippen LogP contribution is 2.13. The molecule has 0 aromatic carbocycles. The van der Waals surface area contributed by atoms with Crippen LogP contribution in [0.15, 0.2) is 0 Å². The second-order valence-electron chi connectivity index (χ2n) is 3.46. The summed E-state index contributed by atoms with van der Waals surface area (Å²) in [5, 5.41) is 8.89. The van der Waals surface area contributed by atoms with Crippen LogP contribution in [0.1, 0.15) is 19.8 Å². The summed E-state index contributed by atoms with van der Waals surface area (Å²) in [6.07, 6.45) is 1.20. The van der Waals surface area contributed by atoms with Crippen molar-refractivity contribution < 1.29 is 14.7 Å². The number of carbonyl (C=O) groups is 2. The Hall–Kier alpha value is -0.710. The second kappa shape index (κ2) is 7.56. The van der Waals surface area contributed by atoms with Crippen LogP contribution < -0.4 is 0 Å². The summed E-state index contributed by atoms with van der Waals surface area (Å²) in [6, 6.07) is 0. The van der Waals surface area contributed by atoms with E-state index in [1.165, 1.54) is 4.90 Å². The molecule has 0 aliphatic heterocycles. The van der Waals surface area contributed by atoms with Crippen molar-refractivity contribution in [3.63, 3.8) is 0 Å². The van der Waals surface area contributed by atoms with Gasteiger partial charge in [0.05, 0.1) is 0 Å². The first-order chi connectivity index (χ1) is 7.00. The van der Waals surface area contributed by atoms with E-state index in [1.54, 1.807) is 25.9 Å². The number of aliphatic carboxylic acids is 1. The Kier molecular flexibility index (Phi) is 7.21. The van der Waals surface area contributed by atoms with Gasteiger partial charge in [-0.15, -0.1) is 0 Å². The third-order valence-electron chi connectivity index (χ3n) is 2.02. The molecule has 1 unspecified atom stereocenters. The molecule has 0 bridgehead atoms. The number of hydrogen-bond acceptors (Lipinski definition) is 3. The normalized spacial score (nSPS) is 12.2. The zero-order valence-electron chi connectivity index (χ0n) is 9.52. The highest BCUT2D eigenvalue weighted by atomic mass is 32.2. The van der Waals surface area contributed by atoms with Gasteiger partial charge in [0.15, 0.2) is 0 Å². The minimum absolute atomic E-state index is 0.316. The first-order valence-corrected chi connectivity index (χ1v) is 6.17. The fraction of sp³-hybridized carbons (Fsp3) is 0.800. The van der Waals surface area contributed by atoms with Gasteiger partial charge < -0.3 is 10.0 Å². The first-order valence-electron chi connectivity index (χ1n) is 5.02. The van der Waals surface area contributed by atoms with Gasteiger partial charge in [0.1, 0.15) is 5.92 Å². The van der Waals surface area contributed by atoms with Gasteiger partial charge >= 0.3 is 5.97 Å². The van der Waals surface area contributed by atoms with Crippen molar-refractivity contribution in [2.45, 2.75) is 19.8 Å². The zero-order chi connectivity index (χ0) is 11.8. The molecule has 0 aliphatic carbocycles. The van der Waals surface area contributed by atoms with Gasteiger partial charge in [-0.05, 0) is 24.3 Å². The van der Waals surface area contributed by atoms with Crippen LogP contribution in [0.5, 0.6) is 0 Å². The Morgan fingerprint density at radius 1 is 1.40 bits per heavy atom. The number of rotatable bonds is 7. The van der Waals surface area contributed by atoms with Crippen molar-refractivity contribution >= 4 is 23.6 Å². The molecule has 15 heavy (non-hydrogen) atoms. The molecule has 88 valence electrons. The quantitative estimate of drug-likeness (QED) is 0.532. The monoisotopic (exact) mass is 233 g/mol. The van der Waals surface area contributed by atoms with E-state index in [9.17, 15) is 9.59 Å². The Morgan fingerprint density at radius 3 is 2.40 bits per heavy atom. The molecule has 0 radical (unpaired) electrons. The van der Waals surface area contributed by atoms with E-state index in [0.29, 0.717) is 6.42 Å². The van der Waals surface area contributed by atoms with E-state index in [1.807, 2.05) is 0 Å². The lowest BCUT2D eigenvalue weighted by Gasteiger charge is -2.16. The predicted molar refractivity (Wildman–Crippen MR) is 62.1 cm³/mol. The highest BCUT2D eigenvalue weighted by Gasteiger charge is 2.26. The average Bonchev–Trinajstić information content (AvgIpc) is 2.16. The minimum Gasteiger partial charge on any atom is -0.481 e. The molecule has 1 atom stereocenters. The lowest BCUT2D eigenvalue weighted by Crippen LogP contribution is -2.34. The maximum atomic E-state index is 11.5. The third-order valence-corrected chi connectivity index (χ3v) is 3.01. The molecule has 0 fully saturated rings. The SMILES string of the molecule is CCSCCCC(C(=O)O)C(=O)N(C)C. The number of carbonyl (C=O) groups excluding carboxylic acids is 1. The molecule has 0 saturated carbocycles. The van der Waals surface area contributed by atoms with Crippen molar-refractivity contribution in [3.8, 4) is 0 Å². The lowest BCUT2D eigenvalue weighted by molar-refractivity contribution is -0.150. The number of thioether (sulfide) groups is 1. The molecular weight excluding hydrogens is 214 g/mol. The van der Waals surface area contributed by atoms with Crippen molar-refractivity contribution in [1.29, 1.82) is 0 Å². The standard InChI is InChI=1S/C10H19NO3S/c1-4-15-7-5-6-8(10(13)14)9(12)11(2)3/h8H,4-7H2,1-3H3,(H,13,14). The van der Waals surface area contributed by atoms with Crippen molar-refractivity contribution in [1.82, 2.24) is 4.90 Å². The van der Waals surface area contributed by atoms with Crippen LogP contribution in [-0.2, 0) is 9.59 Å². The smallest absolute Gasteiger partial charge is 0.316 e. The highest BCUT2D eigenvalue weighted by molar-refractivity contribution is 7.99. The van der Waals surface area contributed by atoms with Crippen molar-refractivity contribution in [3.05, 3.63) is 0 Å². The van der Waals surface area contributed by atoms with Gasteiger partial charge in [0.2, 0.25) is 5.91 Å². The van der Waals surface area contributed by atoms with Crippen LogP contribution in [0, 0.1) is 5.92 Å². The van der Waals surface area contributed by atoms with Gasteiger partial charge in [-0.2, -0.15) is 11.8 Å². The first kappa shape index (κ1) is 14.3. The Balaban J connectivity index is 4.06. The molecule has 5 heteroatoms. The number of amides is 1. The fourth-order valence-electron chi connectivity index (χ4n) is 1.20. The van der Waals surface area contributed by atoms with Crippen LogP contribution in [-0.4, -0.2) is 47.5 Å².